The molecule has 1 aliphatic rings. The second-order valence-electron chi connectivity index (χ2n) is 6.23. The Hall–Kier alpha value is -2.11. The van der Waals surface area contributed by atoms with Crippen LogP contribution in [-0.4, -0.2) is 23.1 Å². The Labute approximate surface area is 135 Å². The summed E-state index contributed by atoms with van der Waals surface area (Å²) in [4.78, 5) is 22.9. The number of nitrogens with one attached hydrogen (secondary N) is 2. The van der Waals surface area contributed by atoms with Crippen molar-refractivity contribution in [3.63, 3.8) is 0 Å². The highest BCUT2D eigenvalue weighted by Gasteiger charge is 2.26. The van der Waals surface area contributed by atoms with Gasteiger partial charge in [-0.25, -0.2) is 9.18 Å². The van der Waals surface area contributed by atoms with Crippen molar-refractivity contribution in [3.05, 3.63) is 35.1 Å². The minimum atomic E-state index is -0.761. The minimum Gasteiger partial charge on any atom is -0.481 e. The van der Waals surface area contributed by atoms with Gasteiger partial charge >= 0.3 is 12.0 Å². The van der Waals surface area contributed by atoms with E-state index in [2.05, 4.69) is 10.6 Å². The summed E-state index contributed by atoms with van der Waals surface area (Å²) in [7, 11) is 0. The quantitative estimate of drug-likeness (QED) is 0.797. The fourth-order valence-corrected chi connectivity index (χ4v) is 2.87. The number of benzene rings is 1. The van der Waals surface area contributed by atoms with Crippen LogP contribution in [0.3, 0.4) is 0 Å². The first-order valence-corrected chi connectivity index (χ1v) is 7.92. The van der Waals surface area contributed by atoms with E-state index < -0.39 is 5.97 Å². The van der Waals surface area contributed by atoms with E-state index in [0.717, 1.165) is 0 Å². The number of hydrogen-bond acceptors (Lipinski definition) is 2. The van der Waals surface area contributed by atoms with Gasteiger partial charge in [0.15, 0.2) is 0 Å². The fraction of sp³-hybridized carbons (Fsp3) is 0.529. The molecule has 0 heterocycles. The number of urea groups is 1. The highest BCUT2D eigenvalue weighted by Crippen LogP contribution is 2.24. The number of halogens is 1. The average Bonchev–Trinajstić information content (AvgIpc) is 2.50. The lowest BCUT2D eigenvalue weighted by Gasteiger charge is -2.27. The van der Waals surface area contributed by atoms with Gasteiger partial charge in [-0.15, -0.1) is 0 Å². The van der Waals surface area contributed by atoms with Gasteiger partial charge in [0.05, 0.1) is 12.0 Å². The van der Waals surface area contributed by atoms with Gasteiger partial charge in [0.2, 0.25) is 0 Å². The molecule has 5 nitrogen and oxygen atoms in total. The molecule has 126 valence electrons. The summed E-state index contributed by atoms with van der Waals surface area (Å²) >= 11 is 0. The van der Waals surface area contributed by atoms with E-state index in [-0.39, 0.29) is 29.8 Å². The summed E-state index contributed by atoms with van der Waals surface area (Å²) in [5, 5.41) is 14.6. The summed E-state index contributed by atoms with van der Waals surface area (Å²) in [6, 6.07) is 4.29. The minimum absolute atomic E-state index is 0.00689. The Morgan fingerprint density at radius 1 is 1.26 bits per heavy atom. The van der Waals surface area contributed by atoms with Crippen LogP contribution in [0.1, 0.15) is 49.8 Å². The number of aliphatic carboxylic acids is 1. The third-order valence-corrected chi connectivity index (χ3v) is 4.46. The van der Waals surface area contributed by atoms with Crippen LogP contribution in [0, 0.1) is 18.7 Å². The molecule has 0 unspecified atom stereocenters. The number of carboxylic acids is 1. The molecule has 0 bridgehead atoms. The first-order chi connectivity index (χ1) is 10.9. The van der Waals surface area contributed by atoms with Gasteiger partial charge in [-0.1, -0.05) is 12.1 Å². The Morgan fingerprint density at radius 2 is 1.91 bits per heavy atom. The number of hydrogen-bond donors (Lipinski definition) is 3. The standard InChI is InChI=1S/C17H23FN2O3/c1-10-3-4-13(9-15(10)18)11(2)19-17(23)20-14-7-5-12(6-8-14)16(21)22/h3-4,9,11-12,14H,5-8H2,1-2H3,(H,21,22)(H2,19,20,23)/t11-,12?,14?/m1/s1. The smallest absolute Gasteiger partial charge is 0.315 e. The number of aryl methyl sites for hydroxylation is 1. The molecule has 1 saturated carbocycles. The molecule has 23 heavy (non-hydrogen) atoms. The van der Waals surface area contributed by atoms with Crippen LogP contribution in [0.4, 0.5) is 9.18 Å². The predicted octanol–water partition coefficient (Wildman–Crippen LogP) is 3.14. The number of carbonyl (C=O) groups excluding carboxylic acids is 1. The molecule has 1 aromatic rings. The van der Waals surface area contributed by atoms with Crippen LogP contribution >= 0.6 is 0 Å². The molecular formula is C17H23FN2O3. The van der Waals surface area contributed by atoms with Crippen LogP contribution in [0.5, 0.6) is 0 Å². The zero-order chi connectivity index (χ0) is 17.0. The van der Waals surface area contributed by atoms with Gasteiger partial charge in [0.25, 0.3) is 0 Å². The van der Waals surface area contributed by atoms with Crippen LogP contribution in [0.15, 0.2) is 18.2 Å². The maximum absolute atomic E-state index is 13.6. The van der Waals surface area contributed by atoms with E-state index in [0.29, 0.717) is 36.8 Å². The molecule has 2 amide bonds. The fourth-order valence-electron chi connectivity index (χ4n) is 2.87. The van der Waals surface area contributed by atoms with Gasteiger partial charge in [-0.3, -0.25) is 4.79 Å². The molecule has 0 radical (unpaired) electrons. The Balaban J connectivity index is 1.82. The van der Waals surface area contributed by atoms with Gasteiger partial charge in [-0.2, -0.15) is 0 Å². The van der Waals surface area contributed by atoms with Crippen molar-refractivity contribution in [2.45, 2.75) is 51.6 Å². The lowest BCUT2D eigenvalue weighted by molar-refractivity contribution is -0.142. The summed E-state index contributed by atoms with van der Waals surface area (Å²) in [5.41, 5.74) is 1.28. The van der Waals surface area contributed by atoms with E-state index in [4.69, 9.17) is 5.11 Å². The summed E-state index contributed by atoms with van der Waals surface area (Å²) < 4.78 is 13.6. The molecule has 1 fully saturated rings. The molecular weight excluding hydrogens is 299 g/mol. The van der Waals surface area contributed by atoms with Crippen molar-refractivity contribution in [2.75, 3.05) is 0 Å². The average molecular weight is 322 g/mol. The third-order valence-electron chi connectivity index (χ3n) is 4.46. The molecule has 0 aromatic heterocycles. The van der Waals surface area contributed by atoms with E-state index in [9.17, 15) is 14.0 Å². The predicted molar refractivity (Wildman–Crippen MR) is 84.6 cm³/mol. The third kappa shape index (κ3) is 4.68. The Morgan fingerprint density at radius 3 is 2.48 bits per heavy atom. The second kappa shape index (κ2) is 7.44. The Bertz CT molecular complexity index is 583. The number of carboxylic acid groups (broad SMARTS) is 1. The maximum Gasteiger partial charge on any atom is 0.315 e. The van der Waals surface area contributed by atoms with Crippen molar-refractivity contribution < 1.29 is 19.1 Å². The molecule has 0 spiro atoms. The van der Waals surface area contributed by atoms with E-state index in [1.165, 1.54) is 6.07 Å². The largest absolute Gasteiger partial charge is 0.481 e. The van der Waals surface area contributed by atoms with Crippen molar-refractivity contribution in [2.24, 2.45) is 5.92 Å². The lowest BCUT2D eigenvalue weighted by atomic mass is 9.86. The zero-order valence-electron chi connectivity index (χ0n) is 13.4. The van der Waals surface area contributed by atoms with Gasteiger partial charge in [0.1, 0.15) is 5.82 Å². The lowest BCUT2D eigenvalue weighted by Crippen LogP contribution is -2.44. The van der Waals surface area contributed by atoms with Crippen molar-refractivity contribution >= 4 is 12.0 Å². The monoisotopic (exact) mass is 322 g/mol. The van der Waals surface area contributed by atoms with Crippen LogP contribution in [0.2, 0.25) is 0 Å². The zero-order valence-corrected chi connectivity index (χ0v) is 13.4. The van der Waals surface area contributed by atoms with Gasteiger partial charge in [-0.05, 0) is 56.7 Å². The molecule has 6 heteroatoms. The highest BCUT2D eigenvalue weighted by atomic mass is 19.1. The molecule has 0 aliphatic heterocycles. The van der Waals surface area contributed by atoms with Gasteiger partial charge in [0, 0.05) is 6.04 Å². The van der Waals surface area contributed by atoms with Crippen LogP contribution in [-0.2, 0) is 4.79 Å². The van der Waals surface area contributed by atoms with Gasteiger partial charge < -0.3 is 15.7 Å². The molecule has 2 rings (SSSR count). The number of carbonyl (C=O) groups is 2. The molecule has 1 aromatic carbocycles. The van der Waals surface area contributed by atoms with E-state index in [1.54, 1.807) is 26.0 Å². The molecule has 3 N–H and O–H groups in total. The highest BCUT2D eigenvalue weighted by molar-refractivity contribution is 5.75. The number of amides is 2. The summed E-state index contributed by atoms with van der Waals surface area (Å²) in [5.74, 6) is -1.35. The van der Waals surface area contributed by atoms with E-state index in [1.807, 2.05) is 0 Å². The SMILES string of the molecule is Cc1ccc([C@@H](C)NC(=O)NC2CCC(C(=O)O)CC2)cc1F. The van der Waals surface area contributed by atoms with Crippen LogP contribution in [0.25, 0.3) is 0 Å². The van der Waals surface area contributed by atoms with Crippen molar-refractivity contribution in [1.82, 2.24) is 10.6 Å². The summed E-state index contributed by atoms with van der Waals surface area (Å²) in [6.45, 7) is 3.49. The van der Waals surface area contributed by atoms with Crippen molar-refractivity contribution in [1.29, 1.82) is 0 Å². The second-order valence-corrected chi connectivity index (χ2v) is 6.23. The Kier molecular flexibility index (Phi) is 5.58. The van der Waals surface area contributed by atoms with Crippen LogP contribution < -0.4 is 10.6 Å². The first-order valence-electron chi connectivity index (χ1n) is 7.92. The topological polar surface area (TPSA) is 78.4 Å². The normalized spacial score (nSPS) is 22.2. The maximum atomic E-state index is 13.6. The number of rotatable bonds is 4. The summed E-state index contributed by atoms with van der Waals surface area (Å²) in [6.07, 6.45) is 2.49. The first kappa shape index (κ1) is 17.2. The molecule has 1 aliphatic carbocycles. The molecule has 1 atom stereocenters. The van der Waals surface area contributed by atoms with E-state index >= 15 is 0 Å². The molecule has 0 saturated heterocycles. The van der Waals surface area contributed by atoms with Crippen molar-refractivity contribution in [3.8, 4) is 0 Å².